The van der Waals surface area contributed by atoms with Gasteiger partial charge >= 0.3 is 0 Å². The Morgan fingerprint density at radius 3 is 1.19 bits per heavy atom. The molecule has 0 unspecified atom stereocenters. The Hall–Kier alpha value is -4.78. The summed E-state index contributed by atoms with van der Waals surface area (Å²) in [4.78, 5) is 0. The molecule has 2 aliphatic carbocycles. The van der Waals surface area contributed by atoms with Gasteiger partial charge in [0.15, 0.2) is 10.2 Å². The van der Waals surface area contributed by atoms with Crippen molar-refractivity contribution in [3.05, 3.63) is 177 Å². The zero-order valence-corrected chi connectivity index (χ0v) is 28.5. The van der Waals surface area contributed by atoms with E-state index in [9.17, 15) is 0 Å². The average molecular weight is 665 g/mol. The van der Waals surface area contributed by atoms with Crippen LogP contribution in [0.1, 0.15) is 72.9 Å². The number of benzene rings is 4. The second-order valence-electron chi connectivity index (χ2n) is 12.6. The van der Waals surface area contributed by atoms with Crippen LogP contribution >= 0.6 is 24.4 Å². The van der Waals surface area contributed by atoms with Crippen LogP contribution in [-0.4, -0.2) is 10.2 Å². The molecule has 6 heteroatoms. The van der Waals surface area contributed by atoms with Gasteiger partial charge in [0.2, 0.25) is 0 Å². The van der Waals surface area contributed by atoms with E-state index in [0.717, 1.165) is 25.7 Å². The van der Waals surface area contributed by atoms with E-state index in [0.29, 0.717) is 10.2 Å². The van der Waals surface area contributed by atoms with Gasteiger partial charge in [0.05, 0.1) is 12.1 Å². The molecule has 0 spiro atoms. The quantitative estimate of drug-likeness (QED) is 0.163. The minimum Gasteiger partial charge on any atom is -0.352 e. The van der Waals surface area contributed by atoms with Crippen LogP contribution < -0.4 is 21.3 Å². The summed E-state index contributed by atoms with van der Waals surface area (Å²) in [5, 5.41) is 15.2. The predicted molar refractivity (Wildman–Crippen MR) is 207 cm³/mol. The maximum atomic E-state index is 5.49. The van der Waals surface area contributed by atoms with Gasteiger partial charge in [-0.3, -0.25) is 0 Å². The van der Waals surface area contributed by atoms with Gasteiger partial charge in [0, 0.05) is 11.4 Å². The zero-order chi connectivity index (χ0) is 32.7. The van der Waals surface area contributed by atoms with Crippen molar-refractivity contribution in [2.75, 3.05) is 0 Å². The molecule has 2 atom stereocenters. The van der Waals surface area contributed by atoms with Crippen molar-refractivity contribution in [1.82, 2.24) is 21.3 Å². The van der Waals surface area contributed by atoms with Crippen molar-refractivity contribution in [3.8, 4) is 0 Å². The van der Waals surface area contributed by atoms with Gasteiger partial charge in [0.25, 0.3) is 0 Å². The Labute approximate surface area is 294 Å². The molecule has 4 aliphatic rings. The van der Waals surface area contributed by atoms with Crippen LogP contribution in [0.3, 0.4) is 0 Å². The lowest BCUT2D eigenvalue weighted by molar-refractivity contribution is 0.609. The Kier molecular flexibility index (Phi) is 9.92. The molecule has 0 fully saturated rings. The summed E-state index contributed by atoms with van der Waals surface area (Å²) < 4.78 is 0. The highest BCUT2D eigenvalue weighted by atomic mass is 32.1. The Balaban J connectivity index is 0.000000152. The van der Waals surface area contributed by atoms with E-state index in [1.54, 1.807) is 0 Å². The largest absolute Gasteiger partial charge is 0.352 e. The summed E-state index contributed by atoms with van der Waals surface area (Å²) >= 11 is 11.0. The molecule has 0 saturated carbocycles. The van der Waals surface area contributed by atoms with E-state index in [1.165, 1.54) is 68.8 Å². The van der Waals surface area contributed by atoms with Crippen molar-refractivity contribution < 1.29 is 0 Å². The minimum atomic E-state index is 0.175. The van der Waals surface area contributed by atoms with Crippen molar-refractivity contribution in [2.24, 2.45) is 0 Å². The second kappa shape index (κ2) is 15.0. The molecule has 2 aliphatic heterocycles. The highest BCUT2D eigenvalue weighted by Gasteiger charge is 2.31. The first kappa shape index (κ1) is 31.8. The standard InChI is InChI=1S/2C21H20N2S/c2*24-21-22-19(16-10-5-2-6-11-16)18-13-7-12-17(20(18)23-21)14-15-8-3-1-4-9-15/h2*1-6,8-11,14,19H,7,12-13H2,(H2,22,23,24)/b2*17-14+/t2*19-/m10/s1. The van der Waals surface area contributed by atoms with Gasteiger partial charge in [0.1, 0.15) is 0 Å². The van der Waals surface area contributed by atoms with Crippen LogP contribution in [0.2, 0.25) is 0 Å². The van der Waals surface area contributed by atoms with Gasteiger partial charge in [-0.05, 0) is 120 Å². The van der Waals surface area contributed by atoms with Crippen LogP contribution in [0, 0.1) is 0 Å². The number of thiocarbonyl (C=S) groups is 2. The van der Waals surface area contributed by atoms with E-state index in [2.05, 4.69) is 155 Å². The van der Waals surface area contributed by atoms with Crippen molar-refractivity contribution in [2.45, 2.75) is 50.6 Å². The monoisotopic (exact) mass is 664 g/mol. The Morgan fingerprint density at radius 1 is 0.458 bits per heavy atom. The molecule has 240 valence electrons. The fraction of sp³-hybridized carbons (Fsp3) is 0.190. The Bertz CT molecular complexity index is 1750. The van der Waals surface area contributed by atoms with E-state index in [1.807, 2.05) is 0 Å². The zero-order valence-electron chi connectivity index (χ0n) is 26.9. The molecule has 4 aromatic rings. The number of hydrogen-bond donors (Lipinski definition) is 4. The smallest absolute Gasteiger partial charge is 0.171 e. The third-order valence-electron chi connectivity index (χ3n) is 9.34. The van der Waals surface area contributed by atoms with Crippen molar-refractivity contribution in [1.29, 1.82) is 0 Å². The van der Waals surface area contributed by atoms with E-state index < -0.39 is 0 Å². The molecular weight excluding hydrogens is 625 g/mol. The summed E-state index contributed by atoms with van der Waals surface area (Å²) in [6.45, 7) is 0. The van der Waals surface area contributed by atoms with Gasteiger partial charge in [-0.15, -0.1) is 0 Å². The lowest BCUT2D eigenvalue weighted by Gasteiger charge is -2.36. The minimum absolute atomic E-state index is 0.175. The van der Waals surface area contributed by atoms with Gasteiger partial charge in [-0.25, -0.2) is 0 Å². The van der Waals surface area contributed by atoms with Crippen LogP contribution in [0.4, 0.5) is 0 Å². The second-order valence-corrected chi connectivity index (χ2v) is 13.4. The van der Waals surface area contributed by atoms with E-state index in [-0.39, 0.29) is 12.1 Å². The lowest BCUT2D eigenvalue weighted by atomic mass is 9.83. The molecule has 4 nitrogen and oxygen atoms in total. The van der Waals surface area contributed by atoms with E-state index >= 15 is 0 Å². The van der Waals surface area contributed by atoms with Crippen molar-refractivity contribution >= 4 is 46.8 Å². The molecule has 48 heavy (non-hydrogen) atoms. The fourth-order valence-corrected chi connectivity index (χ4v) is 7.57. The third kappa shape index (κ3) is 7.35. The SMILES string of the molecule is S=C1NC2=C(CCC/C2=C\c2ccccc2)[C@@H](c2ccccc2)N1.S=C1NC2=C(CCC/C2=C\c2ccccc2)[C@H](c2ccccc2)N1. The number of hydrogen-bond acceptors (Lipinski definition) is 2. The summed E-state index contributed by atoms with van der Waals surface area (Å²) in [7, 11) is 0. The summed E-state index contributed by atoms with van der Waals surface area (Å²) in [6.07, 6.45) is 11.3. The predicted octanol–water partition coefficient (Wildman–Crippen LogP) is 9.45. The van der Waals surface area contributed by atoms with E-state index in [4.69, 9.17) is 24.4 Å². The average Bonchev–Trinajstić information content (AvgIpc) is 3.13. The van der Waals surface area contributed by atoms with Crippen LogP contribution in [-0.2, 0) is 0 Å². The first-order chi connectivity index (χ1) is 23.6. The molecule has 0 amide bonds. The summed E-state index contributed by atoms with van der Waals surface area (Å²) in [6, 6.07) is 42.5. The van der Waals surface area contributed by atoms with Gasteiger partial charge < -0.3 is 21.3 Å². The molecular formula is C42H40N4S2. The normalized spacial score (nSPS) is 21.9. The molecule has 2 heterocycles. The summed E-state index contributed by atoms with van der Waals surface area (Å²) in [5.74, 6) is 0. The van der Waals surface area contributed by atoms with Gasteiger partial charge in [-0.2, -0.15) is 0 Å². The van der Waals surface area contributed by atoms with Crippen LogP contribution in [0.15, 0.2) is 155 Å². The molecule has 0 saturated heterocycles. The summed E-state index contributed by atoms with van der Waals surface area (Å²) in [5.41, 5.74) is 13.0. The van der Waals surface area contributed by atoms with Crippen LogP contribution in [0.5, 0.6) is 0 Å². The van der Waals surface area contributed by atoms with Crippen LogP contribution in [0.25, 0.3) is 12.2 Å². The first-order valence-electron chi connectivity index (χ1n) is 16.9. The number of rotatable bonds is 4. The number of nitrogens with one attached hydrogen (secondary N) is 4. The Morgan fingerprint density at radius 2 is 0.812 bits per heavy atom. The lowest BCUT2D eigenvalue weighted by Crippen LogP contribution is -2.45. The molecule has 8 rings (SSSR count). The first-order valence-corrected chi connectivity index (χ1v) is 17.7. The highest BCUT2D eigenvalue weighted by Crippen LogP contribution is 2.40. The van der Waals surface area contributed by atoms with Gasteiger partial charge in [-0.1, -0.05) is 121 Å². The molecule has 4 N–H and O–H groups in total. The maximum absolute atomic E-state index is 5.49. The maximum Gasteiger partial charge on any atom is 0.171 e. The third-order valence-corrected chi connectivity index (χ3v) is 9.78. The molecule has 4 aromatic carbocycles. The topological polar surface area (TPSA) is 48.1 Å². The number of allylic oxidation sites excluding steroid dienone is 2. The molecule has 0 radical (unpaired) electrons. The molecule has 0 aromatic heterocycles. The molecule has 0 bridgehead atoms. The highest BCUT2D eigenvalue weighted by molar-refractivity contribution is 7.80. The fourth-order valence-electron chi connectivity index (χ4n) is 7.13. The van der Waals surface area contributed by atoms with Crippen molar-refractivity contribution in [3.63, 3.8) is 0 Å².